The number of hydrogen-bond donors (Lipinski definition) is 3. The molecule has 0 spiro atoms. The van der Waals surface area contributed by atoms with Crippen molar-refractivity contribution in [1.82, 2.24) is 5.32 Å². The lowest BCUT2D eigenvalue weighted by Crippen LogP contribution is -2.48. The summed E-state index contributed by atoms with van der Waals surface area (Å²) >= 11 is 0. The predicted octanol–water partition coefficient (Wildman–Crippen LogP) is 1.90. The zero-order valence-corrected chi connectivity index (χ0v) is 12.5. The van der Waals surface area contributed by atoms with E-state index in [0.29, 0.717) is 12.8 Å². The summed E-state index contributed by atoms with van der Waals surface area (Å²) < 4.78 is 0. The molecule has 0 aliphatic rings. The van der Waals surface area contributed by atoms with Crippen LogP contribution in [0, 0.1) is 5.41 Å². The van der Waals surface area contributed by atoms with E-state index in [0.717, 1.165) is 19.3 Å². The molecule has 0 rings (SSSR count). The number of nitrogens with one attached hydrogen (secondary N) is 1. The molecular formula is C14H28N2O3. The average molecular weight is 272 g/mol. The average Bonchev–Trinajstić information content (AvgIpc) is 2.29. The SMILES string of the molecule is CCCC[C@@H](N)C(=O)NC(CCC(C)(C)C)C(=O)O. The lowest BCUT2D eigenvalue weighted by atomic mass is 9.88. The smallest absolute Gasteiger partial charge is 0.326 e. The van der Waals surface area contributed by atoms with E-state index in [1.807, 2.05) is 27.7 Å². The summed E-state index contributed by atoms with van der Waals surface area (Å²) in [5.41, 5.74) is 5.77. The van der Waals surface area contributed by atoms with Crippen LogP contribution in [0.15, 0.2) is 0 Å². The summed E-state index contributed by atoms with van der Waals surface area (Å²) in [6.07, 6.45) is 3.58. The van der Waals surface area contributed by atoms with Gasteiger partial charge in [0.2, 0.25) is 5.91 Å². The van der Waals surface area contributed by atoms with E-state index >= 15 is 0 Å². The van der Waals surface area contributed by atoms with Crippen molar-refractivity contribution in [3.05, 3.63) is 0 Å². The van der Waals surface area contributed by atoms with Crippen LogP contribution in [-0.2, 0) is 9.59 Å². The number of carboxylic acid groups (broad SMARTS) is 1. The number of rotatable bonds is 8. The Morgan fingerprint density at radius 3 is 2.26 bits per heavy atom. The van der Waals surface area contributed by atoms with Gasteiger partial charge in [0.25, 0.3) is 0 Å². The molecule has 0 fully saturated rings. The second kappa shape index (κ2) is 8.15. The van der Waals surface area contributed by atoms with E-state index < -0.39 is 18.1 Å². The minimum absolute atomic E-state index is 0.0444. The minimum atomic E-state index is -1.000. The second-order valence-corrected chi connectivity index (χ2v) is 6.25. The fourth-order valence-electron chi connectivity index (χ4n) is 1.67. The highest BCUT2D eigenvalue weighted by Gasteiger charge is 2.24. The van der Waals surface area contributed by atoms with Crippen LogP contribution in [-0.4, -0.2) is 29.1 Å². The molecule has 19 heavy (non-hydrogen) atoms. The highest BCUT2D eigenvalue weighted by atomic mass is 16.4. The zero-order valence-electron chi connectivity index (χ0n) is 12.5. The van der Waals surface area contributed by atoms with Gasteiger partial charge in [-0.2, -0.15) is 0 Å². The Balaban J connectivity index is 4.34. The first-order valence-corrected chi connectivity index (χ1v) is 6.96. The maximum atomic E-state index is 11.8. The molecule has 0 saturated carbocycles. The quantitative estimate of drug-likeness (QED) is 0.629. The maximum absolute atomic E-state index is 11.8. The van der Waals surface area contributed by atoms with Gasteiger partial charge in [0.1, 0.15) is 6.04 Å². The second-order valence-electron chi connectivity index (χ2n) is 6.25. The third-order valence-corrected chi connectivity index (χ3v) is 3.00. The molecule has 0 heterocycles. The first-order chi connectivity index (χ1) is 8.67. The fourth-order valence-corrected chi connectivity index (χ4v) is 1.67. The number of aliphatic carboxylic acids is 1. The van der Waals surface area contributed by atoms with Crippen LogP contribution < -0.4 is 11.1 Å². The summed E-state index contributed by atoms with van der Waals surface area (Å²) in [7, 11) is 0. The van der Waals surface area contributed by atoms with Gasteiger partial charge in [-0.3, -0.25) is 4.79 Å². The van der Waals surface area contributed by atoms with Crippen LogP contribution in [0.1, 0.15) is 59.8 Å². The van der Waals surface area contributed by atoms with Crippen LogP contribution in [0.4, 0.5) is 0 Å². The van der Waals surface area contributed by atoms with E-state index in [4.69, 9.17) is 10.8 Å². The van der Waals surface area contributed by atoms with Crippen molar-refractivity contribution in [1.29, 1.82) is 0 Å². The lowest BCUT2D eigenvalue weighted by molar-refractivity contribution is -0.142. The topological polar surface area (TPSA) is 92.4 Å². The molecule has 0 radical (unpaired) electrons. The molecule has 0 aliphatic heterocycles. The molecule has 0 aromatic rings. The van der Waals surface area contributed by atoms with Crippen LogP contribution in [0.2, 0.25) is 0 Å². The maximum Gasteiger partial charge on any atom is 0.326 e. The van der Waals surface area contributed by atoms with E-state index in [2.05, 4.69) is 5.32 Å². The highest BCUT2D eigenvalue weighted by molar-refractivity contribution is 5.86. The fraction of sp³-hybridized carbons (Fsp3) is 0.857. The molecule has 1 amide bonds. The summed E-state index contributed by atoms with van der Waals surface area (Å²) in [5.74, 6) is -1.37. The molecule has 4 N–H and O–H groups in total. The molecule has 112 valence electrons. The molecule has 1 unspecified atom stereocenters. The van der Waals surface area contributed by atoms with Crippen molar-refractivity contribution in [3.63, 3.8) is 0 Å². The van der Waals surface area contributed by atoms with E-state index in [1.54, 1.807) is 0 Å². The molecule has 5 nitrogen and oxygen atoms in total. The molecule has 0 aromatic carbocycles. The molecule has 0 bridgehead atoms. The highest BCUT2D eigenvalue weighted by Crippen LogP contribution is 2.21. The largest absolute Gasteiger partial charge is 0.480 e. The summed E-state index contributed by atoms with van der Waals surface area (Å²) in [6.45, 7) is 8.15. The standard InChI is InChI=1S/C14H28N2O3/c1-5-6-7-10(15)12(17)16-11(13(18)19)8-9-14(2,3)4/h10-11H,5-9,15H2,1-4H3,(H,16,17)(H,18,19)/t10-,11?/m1/s1. The number of carbonyl (C=O) groups is 2. The summed E-state index contributed by atoms with van der Waals surface area (Å²) in [6, 6.07) is -1.46. The molecule has 5 heteroatoms. The van der Waals surface area contributed by atoms with E-state index in [1.165, 1.54) is 0 Å². The lowest BCUT2D eigenvalue weighted by Gasteiger charge is -2.22. The molecule has 0 saturated heterocycles. The van der Waals surface area contributed by atoms with Crippen molar-refractivity contribution >= 4 is 11.9 Å². The Morgan fingerprint density at radius 1 is 1.26 bits per heavy atom. The van der Waals surface area contributed by atoms with Crippen molar-refractivity contribution in [2.24, 2.45) is 11.1 Å². The van der Waals surface area contributed by atoms with Gasteiger partial charge in [-0.05, 0) is 24.7 Å². The van der Waals surface area contributed by atoms with Gasteiger partial charge in [-0.1, -0.05) is 40.5 Å². The third-order valence-electron chi connectivity index (χ3n) is 3.00. The van der Waals surface area contributed by atoms with Crippen LogP contribution >= 0.6 is 0 Å². The minimum Gasteiger partial charge on any atom is -0.480 e. The molecular weight excluding hydrogens is 244 g/mol. The summed E-state index contributed by atoms with van der Waals surface area (Å²) in [5, 5.41) is 11.7. The van der Waals surface area contributed by atoms with Crippen LogP contribution in [0.3, 0.4) is 0 Å². The van der Waals surface area contributed by atoms with Crippen LogP contribution in [0.5, 0.6) is 0 Å². The first kappa shape index (κ1) is 17.9. The molecule has 0 aromatic heterocycles. The number of unbranched alkanes of at least 4 members (excludes halogenated alkanes) is 1. The Hall–Kier alpha value is -1.10. The van der Waals surface area contributed by atoms with E-state index in [-0.39, 0.29) is 11.3 Å². The Kier molecular flexibility index (Phi) is 7.68. The van der Waals surface area contributed by atoms with Gasteiger partial charge in [-0.15, -0.1) is 0 Å². The van der Waals surface area contributed by atoms with Crippen molar-refractivity contribution < 1.29 is 14.7 Å². The number of nitrogens with two attached hydrogens (primary N) is 1. The van der Waals surface area contributed by atoms with Gasteiger partial charge in [0.05, 0.1) is 6.04 Å². The number of amides is 1. The number of hydrogen-bond acceptors (Lipinski definition) is 3. The predicted molar refractivity (Wildman–Crippen MR) is 75.8 cm³/mol. The molecule has 0 aliphatic carbocycles. The normalized spacial score (nSPS) is 14.8. The van der Waals surface area contributed by atoms with Crippen molar-refractivity contribution in [2.75, 3.05) is 0 Å². The van der Waals surface area contributed by atoms with E-state index in [9.17, 15) is 9.59 Å². The monoisotopic (exact) mass is 272 g/mol. The zero-order chi connectivity index (χ0) is 15.1. The Labute approximate surface area is 115 Å². The third kappa shape index (κ3) is 8.59. The van der Waals surface area contributed by atoms with Crippen LogP contribution in [0.25, 0.3) is 0 Å². The molecule has 2 atom stereocenters. The van der Waals surface area contributed by atoms with Gasteiger partial charge < -0.3 is 16.2 Å². The van der Waals surface area contributed by atoms with Gasteiger partial charge in [0, 0.05) is 0 Å². The number of carbonyl (C=O) groups excluding carboxylic acids is 1. The Morgan fingerprint density at radius 2 is 1.84 bits per heavy atom. The van der Waals surface area contributed by atoms with Gasteiger partial charge in [0.15, 0.2) is 0 Å². The van der Waals surface area contributed by atoms with Gasteiger partial charge in [-0.25, -0.2) is 4.79 Å². The number of carboxylic acids is 1. The van der Waals surface area contributed by atoms with Gasteiger partial charge >= 0.3 is 5.97 Å². The first-order valence-electron chi connectivity index (χ1n) is 6.96. The van der Waals surface area contributed by atoms with Crippen molar-refractivity contribution in [2.45, 2.75) is 71.9 Å². The van der Waals surface area contributed by atoms with Crippen molar-refractivity contribution in [3.8, 4) is 0 Å². The summed E-state index contributed by atoms with van der Waals surface area (Å²) in [4.78, 5) is 22.9. The Bertz CT molecular complexity index is 298.